The van der Waals surface area contributed by atoms with Gasteiger partial charge < -0.3 is 29.2 Å². The average Bonchev–Trinajstić information content (AvgIpc) is 3.02. The SMILES string of the molecule is O=C(OC1[C@@H](OCc2ccccc2)[C@H](O)C(OCc2ccccc2)[C@H](O)[C@@H]1OCc1ccccc1)c1ccccc1. The Morgan fingerprint density at radius 3 is 1.22 bits per heavy atom. The quantitative estimate of drug-likeness (QED) is 0.260. The highest BCUT2D eigenvalue weighted by Crippen LogP contribution is 2.32. The van der Waals surface area contributed by atoms with Gasteiger partial charge in [-0.1, -0.05) is 109 Å². The van der Waals surface area contributed by atoms with Gasteiger partial charge in [0.25, 0.3) is 0 Å². The Balaban J connectivity index is 1.44. The summed E-state index contributed by atoms with van der Waals surface area (Å²) in [5, 5.41) is 23.1. The zero-order valence-electron chi connectivity index (χ0n) is 22.6. The summed E-state index contributed by atoms with van der Waals surface area (Å²) in [6.45, 7) is 0.453. The van der Waals surface area contributed by atoms with Crippen LogP contribution in [0.25, 0.3) is 0 Å². The molecule has 7 heteroatoms. The molecule has 1 aliphatic rings. The number of carbonyl (C=O) groups excluding carboxylic acids is 1. The minimum Gasteiger partial charge on any atom is -0.453 e. The molecule has 1 aliphatic carbocycles. The summed E-state index contributed by atoms with van der Waals surface area (Å²) in [7, 11) is 0. The van der Waals surface area contributed by atoms with E-state index in [1.54, 1.807) is 30.3 Å². The second-order valence-electron chi connectivity index (χ2n) is 10.0. The molecule has 6 atom stereocenters. The number of aliphatic hydroxyl groups excluding tert-OH is 2. The van der Waals surface area contributed by atoms with Crippen LogP contribution < -0.4 is 0 Å². The van der Waals surface area contributed by atoms with Crippen molar-refractivity contribution in [1.29, 1.82) is 0 Å². The van der Waals surface area contributed by atoms with Gasteiger partial charge in [-0.25, -0.2) is 4.79 Å². The molecule has 1 saturated carbocycles. The molecule has 5 rings (SSSR count). The first-order valence-electron chi connectivity index (χ1n) is 13.7. The molecule has 2 unspecified atom stereocenters. The number of rotatable bonds is 11. The molecule has 4 aromatic rings. The molecule has 0 aromatic heterocycles. The average molecular weight is 555 g/mol. The standard InChI is InChI=1S/C34H34O7/c35-28-30(38-21-24-13-5-1-6-14-24)29(36)32(40-23-26-17-9-3-10-18-26)33(41-34(37)27-19-11-4-12-20-27)31(28)39-22-25-15-7-2-8-16-25/h1-20,28-33,35-36H,21-23H2/t28-,29+,30?,31-,32-,33?/m0/s1. The lowest BCUT2D eigenvalue weighted by Gasteiger charge is -2.46. The molecule has 0 amide bonds. The molecule has 212 valence electrons. The van der Waals surface area contributed by atoms with Gasteiger partial charge in [0.2, 0.25) is 0 Å². The van der Waals surface area contributed by atoms with Crippen LogP contribution in [0.5, 0.6) is 0 Å². The van der Waals surface area contributed by atoms with Crippen LogP contribution in [-0.2, 0) is 38.8 Å². The normalized spacial score (nSPS) is 24.0. The van der Waals surface area contributed by atoms with Gasteiger partial charge in [0.1, 0.15) is 30.5 Å². The molecule has 0 spiro atoms. The Hall–Kier alpha value is -3.85. The molecule has 0 radical (unpaired) electrons. The van der Waals surface area contributed by atoms with Gasteiger partial charge in [-0.05, 0) is 28.8 Å². The lowest BCUT2D eigenvalue weighted by atomic mass is 9.84. The van der Waals surface area contributed by atoms with Crippen molar-refractivity contribution in [3.05, 3.63) is 144 Å². The summed E-state index contributed by atoms with van der Waals surface area (Å²) in [4.78, 5) is 13.2. The van der Waals surface area contributed by atoms with Crippen LogP contribution in [0.3, 0.4) is 0 Å². The van der Waals surface area contributed by atoms with Crippen LogP contribution >= 0.6 is 0 Å². The molecule has 1 fully saturated rings. The highest BCUT2D eigenvalue weighted by atomic mass is 16.6. The minimum atomic E-state index is -1.32. The fourth-order valence-electron chi connectivity index (χ4n) is 4.94. The topological polar surface area (TPSA) is 94.5 Å². The number of carbonyl (C=O) groups is 1. The molecule has 2 N–H and O–H groups in total. The molecule has 7 nitrogen and oxygen atoms in total. The smallest absolute Gasteiger partial charge is 0.338 e. The van der Waals surface area contributed by atoms with E-state index >= 15 is 0 Å². The van der Waals surface area contributed by atoms with Crippen molar-refractivity contribution >= 4 is 5.97 Å². The maximum atomic E-state index is 13.2. The third-order valence-corrected chi connectivity index (χ3v) is 7.10. The van der Waals surface area contributed by atoms with Crippen LogP contribution in [0.4, 0.5) is 0 Å². The van der Waals surface area contributed by atoms with E-state index in [0.717, 1.165) is 16.7 Å². The number of hydrogen-bond donors (Lipinski definition) is 2. The van der Waals surface area contributed by atoms with E-state index < -0.39 is 42.6 Å². The van der Waals surface area contributed by atoms with Gasteiger partial charge >= 0.3 is 5.97 Å². The maximum absolute atomic E-state index is 13.2. The van der Waals surface area contributed by atoms with Crippen LogP contribution in [-0.4, -0.2) is 52.8 Å². The van der Waals surface area contributed by atoms with Crippen molar-refractivity contribution < 1.29 is 34.0 Å². The minimum absolute atomic E-state index is 0.148. The van der Waals surface area contributed by atoms with E-state index in [9.17, 15) is 15.0 Å². The summed E-state index contributed by atoms with van der Waals surface area (Å²) in [5.41, 5.74) is 2.97. The molecular formula is C34H34O7. The number of esters is 1. The van der Waals surface area contributed by atoms with Crippen LogP contribution in [0.1, 0.15) is 27.0 Å². The monoisotopic (exact) mass is 554 g/mol. The van der Waals surface area contributed by atoms with Crippen LogP contribution in [0.15, 0.2) is 121 Å². The van der Waals surface area contributed by atoms with E-state index in [2.05, 4.69) is 0 Å². The predicted molar refractivity (Wildman–Crippen MR) is 153 cm³/mol. The van der Waals surface area contributed by atoms with Gasteiger partial charge in [-0.15, -0.1) is 0 Å². The molecule has 0 bridgehead atoms. The van der Waals surface area contributed by atoms with Crippen molar-refractivity contribution in [3.8, 4) is 0 Å². The summed E-state index contributed by atoms with van der Waals surface area (Å²) in [6.07, 6.45) is -6.93. The van der Waals surface area contributed by atoms with Gasteiger partial charge in [0, 0.05) is 0 Å². The van der Waals surface area contributed by atoms with E-state index in [1.807, 2.05) is 91.0 Å². The van der Waals surface area contributed by atoms with E-state index in [1.165, 1.54) is 0 Å². The Labute approximate surface area is 239 Å². The lowest BCUT2D eigenvalue weighted by Crippen LogP contribution is -2.66. The Morgan fingerprint density at radius 2 is 0.829 bits per heavy atom. The molecular weight excluding hydrogens is 520 g/mol. The predicted octanol–water partition coefficient (Wildman–Crippen LogP) is 4.70. The first-order chi connectivity index (χ1) is 20.1. The van der Waals surface area contributed by atoms with Crippen molar-refractivity contribution in [2.24, 2.45) is 0 Å². The fourth-order valence-corrected chi connectivity index (χ4v) is 4.94. The summed E-state index contributed by atoms with van der Waals surface area (Å²) in [6, 6.07) is 37.0. The summed E-state index contributed by atoms with van der Waals surface area (Å²) >= 11 is 0. The Morgan fingerprint density at radius 1 is 0.488 bits per heavy atom. The van der Waals surface area contributed by atoms with Gasteiger partial charge in [-0.2, -0.15) is 0 Å². The van der Waals surface area contributed by atoms with Crippen LogP contribution in [0.2, 0.25) is 0 Å². The van der Waals surface area contributed by atoms with E-state index in [-0.39, 0.29) is 19.8 Å². The number of ether oxygens (including phenoxy) is 4. The maximum Gasteiger partial charge on any atom is 0.338 e. The Bertz CT molecular complexity index is 1280. The highest BCUT2D eigenvalue weighted by Gasteiger charge is 2.54. The number of hydrogen-bond acceptors (Lipinski definition) is 7. The Kier molecular flexibility index (Phi) is 9.91. The zero-order chi connectivity index (χ0) is 28.4. The number of benzene rings is 4. The second kappa shape index (κ2) is 14.2. The second-order valence-corrected chi connectivity index (χ2v) is 10.0. The van der Waals surface area contributed by atoms with Crippen LogP contribution in [0, 0.1) is 0 Å². The highest BCUT2D eigenvalue weighted by molar-refractivity contribution is 5.89. The zero-order valence-corrected chi connectivity index (χ0v) is 22.6. The third-order valence-electron chi connectivity index (χ3n) is 7.10. The third kappa shape index (κ3) is 7.47. The van der Waals surface area contributed by atoms with Gasteiger partial charge in [-0.3, -0.25) is 0 Å². The molecule has 0 saturated heterocycles. The lowest BCUT2D eigenvalue weighted by molar-refractivity contribution is -0.261. The van der Waals surface area contributed by atoms with Gasteiger partial charge in [0.15, 0.2) is 6.10 Å². The van der Waals surface area contributed by atoms with Crippen molar-refractivity contribution in [1.82, 2.24) is 0 Å². The summed E-state index contributed by atoms with van der Waals surface area (Å²) < 4.78 is 24.6. The van der Waals surface area contributed by atoms with Crippen molar-refractivity contribution in [3.63, 3.8) is 0 Å². The van der Waals surface area contributed by atoms with Crippen molar-refractivity contribution in [2.75, 3.05) is 0 Å². The largest absolute Gasteiger partial charge is 0.453 e. The van der Waals surface area contributed by atoms with E-state index in [0.29, 0.717) is 5.56 Å². The first-order valence-corrected chi connectivity index (χ1v) is 13.7. The van der Waals surface area contributed by atoms with E-state index in [4.69, 9.17) is 18.9 Å². The number of aliphatic hydroxyl groups is 2. The van der Waals surface area contributed by atoms with Gasteiger partial charge in [0.05, 0.1) is 25.4 Å². The van der Waals surface area contributed by atoms with Crippen molar-refractivity contribution in [2.45, 2.75) is 56.4 Å². The molecule has 4 aromatic carbocycles. The summed E-state index contributed by atoms with van der Waals surface area (Å²) in [5.74, 6) is -0.611. The molecule has 0 heterocycles. The first kappa shape index (κ1) is 28.7. The molecule has 41 heavy (non-hydrogen) atoms. The fraction of sp³-hybridized carbons (Fsp3) is 0.265. The molecule has 0 aliphatic heterocycles.